The fourth-order valence-corrected chi connectivity index (χ4v) is 2.27. The van der Waals surface area contributed by atoms with Crippen molar-refractivity contribution in [1.29, 1.82) is 0 Å². The number of aromatic nitrogens is 2. The molecule has 0 amide bonds. The molecule has 2 rings (SSSR count). The molecule has 22 heavy (non-hydrogen) atoms. The minimum atomic E-state index is -0.508. The number of nitrogens with zero attached hydrogens (tertiary/aromatic N) is 2. The average molecular weight is 301 g/mol. The van der Waals surface area contributed by atoms with Gasteiger partial charge >= 0.3 is 5.97 Å². The standard InChI is InChI=1S/C16H19N3O3/c1-4-5-15(20)13-9-18-19(10(13)2)11-6-7-14(17)12(8-11)16(21)22-3/h6-9H,4-5,17H2,1-3H3. The molecule has 0 spiro atoms. The van der Waals surface area contributed by atoms with E-state index in [1.165, 1.54) is 7.11 Å². The van der Waals surface area contributed by atoms with E-state index in [0.717, 1.165) is 12.1 Å². The van der Waals surface area contributed by atoms with Gasteiger partial charge in [-0.05, 0) is 31.5 Å². The van der Waals surface area contributed by atoms with Crippen molar-refractivity contribution in [3.8, 4) is 5.69 Å². The fourth-order valence-electron chi connectivity index (χ4n) is 2.27. The van der Waals surface area contributed by atoms with Gasteiger partial charge in [-0.2, -0.15) is 5.10 Å². The number of esters is 1. The van der Waals surface area contributed by atoms with Crippen LogP contribution < -0.4 is 5.73 Å². The van der Waals surface area contributed by atoms with Gasteiger partial charge in [-0.15, -0.1) is 0 Å². The lowest BCUT2D eigenvalue weighted by molar-refractivity contribution is 0.0601. The van der Waals surface area contributed by atoms with E-state index in [9.17, 15) is 9.59 Å². The van der Waals surface area contributed by atoms with E-state index in [1.807, 2.05) is 13.8 Å². The summed E-state index contributed by atoms with van der Waals surface area (Å²) in [6.45, 7) is 3.78. The number of Topliss-reactive ketones (excluding diaryl/α,β-unsaturated/α-hetero) is 1. The first-order valence-electron chi connectivity index (χ1n) is 7.05. The number of carbonyl (C=O) groups is 2. The predicted molar refractivity (Wildman–Crippen MR) is 83.3 cm³/mol. The molecule has 6 nitrogen and oxygen atoms in total. The second kappa shape index (κ2) is 6.43. The summed E-state index contributed by atoms with van der Waals surface area (Å²) in [6.07, 6.45) is 2.83. The third kappa shape index (κ3) is 2.86. The monoisotopic (exact) mass is 301 g/mol. The van der Waals surface area contributed by atoms with E-state index in [4.69, 9.17) is 10.5 Å². The Morgan fingerprint density at radius 1 is 1.32 bits per heavy atom. The van der Waals surface area contributed by atoms with Crippen molar-refractivity contribution in [3.63, 3.8) is 0 Å². The molecule has 0 saturated heterocycles. The van der Waals surface area contributed by atoms with Gasteiger partial charge in [0.15, 0.2) is 5.78 Å². The van der Waals surface area contributed by atoms with Crippen LogP contribution in [-0.4, -0.2) is 28.6 Å². The summed E-state index contributed by atoms with van der Waals surface area (Å²) in [5, 5.41) is 4.25. The van der Waals surface area contributed by atoms with Crippen LogP contribution in [0.1, 0.15) is 46.2 Å². The Kier molecular flexibility index (Phi) is 4.60. The van der Waals surface area contributed by atoms with Crippen LogP contribution in [0.2, 0.25) is 0 Å². The molecule has 0 saturated carbocycles. The Balaban J connectivity index is 2.45. The first-order valence-corrected chi connectivity index (χ1v) is 7.05. The third-order valence-electron chi connectivity index (χ3n) is 3.47. The average Bonchev–Trinajstić information content (AvgIpc) is 2.89. The molecule has 0 radical (unpaired) electrons. The van der Waals surface area contributed by atoms with Crippen molar-refractivity contribution in [2.75, 3.05) is 12.8 Å². The summed E-state index contributed by atoms with van der Waals surface area (Å²) in [5.74, 6) is -0.443. The number of nitrogen functional groups attached to an aromatic ring is 1. The maximum Gasteiger partial charge on any atom is 0.340 e. The van der Waals surface area contributed by atoms with E-state index < -0.39 is 5.97 Å². The summed E-state index contributed by atoms with van der Waals surface area (Å²) < 4.78 is 6.33. The van der Waals surface area contributed by atoms with Crippen molar-refractivity contribution < 1.29 is 14.3 Å². The lowest BCUT2D eigenvalue weighted by Gasteiger charge is -2.09. The highest BCUT2D eigenvalue weighted by molar-refractivity contribution is 5.97. The van der Waals surface area contributed by atoms with Gasteiger partial charge in [0.25, 0.3) is 0 Å². The number of ether oxygens (including phenoxy) is 1. The largest absolute Gasteiger partial charge is 0.465 e. The molecule has 0 bridgehead atoms. The van der Waals surface area contributed by atoms with Crippen molar-refractivity contribution in [3.05, 3.63) is 41.2 Å². The van der Waals surface area contributed by atoms with Crippen molar-refractivity contribution in [1.82, 2.24) is 9.78 Å². The van der Waals surface area contributed by atoms with Crippen LogP contribution in [0.25, 0.3) is 5.69 Å². The summed E-state index contributed by atoms with van der Waals surface area (Å²) >= 11 is 0. The molecular weight excluding hydrogens is 282 g/mol. The highest BCUT2D eigenvalue weighted by Gasteiger charge is 2.16. The number of methoxy groups -OCH3 is 1. The fraction of sp³-hybridized carbons (Fsp3) is 0.312. The highest BCUT2D eigenvalue weighted by Crippen LogP contribution is 2.21. The Morgan fingerprint density at radius 3 is 2.68 bits per heavy atom. The van der Waals surface area contributed by atoms with Crippen molar-refractivity contribution in [2.24, 2.45) is 0 Å². The van der Waals surface area contributed by atoms with Crippen LogP contribution in [0, 0.1) is 6.92 Å². The molecule has 2 N–H and O–H groups in total. The minimum absolute atomic E-state index is 0.0647. The molecule has 116 valence electrons. The maximum atomic E-state index is 12.0. The quantitative estimate of drug-likeness (QED) is 0.521. The van der Waals surface area contributed by atoms with Gasteiger partial charge in [-0.1, -0.05) is 6.92 Å². The Morgan fingerprint density at radius 2 is 2.05 bits per heavy atom. The van der Waals surface area contributed by atoms with Crippen LogP contribution in [0.3, 0.4) is 0 Å². The summed E-state index contributed by atoms with van der Waals surface area (Å²) in [7, 11) is 1.30. The molecule has 0 aliphatic carbocycles. The number of nitrogens with two attached hydrogens (primary N) is 1. The van der Waals surface area contributed by atoms with Gasteiger partial charge in [0.05, 0.1) is 35.8 Å². The Bertz CT molecular complexity index is 719. The number of carbonyl (C=O) groups excluding carboxylic acids is 2. The second-order valence-corrected chi connectivity index (χ2v) is 4.99. The first kappa shape index (κ1) is 15.8. The Hall–Kier alpha value is -2.63. The SMILES string of the molecule is CCCC(=O)c1cnn(-c2ccc(N)c(C(=O)OC)c2)c1C. The maximum absolute atomic E-state index is 12.0. The summed E-state index contributed by atoms with van der Waals surface area (Å²) in [6, 6.07) is 4.97. The molecule has 6 heteroatoms. The molecule has 1 aromatic heterocycles. The van der Waals surface area contributed by atoms with Crippen LogP contribution >= 0.6 is 0 Å². The number of ketones is 1. The molecule has 1 aromatic carbocycles. The number of rotatable bonds is 5. The lowest BCUT2D eigenvalue weighted by Crippen LogP contribution is -2.08. The minimum Gasteiger partial charge on any atom is -0.465 e. The summed E-state index contributed by atoms with van der Waals surface area (Å²) in [4.78, 5) is 23.8. The second-order valence-electron chi connectivity index (χ2n) is 4.99. The van der Waals surface area contributed by atoms with E-state index in [-0.39, 0.29) is 11.3 Å². The van der Waals surface area contributed by atoms with E-state index in [2.05, 4.69) is 5.10 Å². The molecule has 2 aromatic rings. The highest BCUT2D eigenvalue weighted by atomic mass is 16.5. The van der Waals surface area contributed by atoms with E-state index in [1.54, 1.807) is 29.1 Å². The number of hydrogen-bond donors (Lipinski definition) is 1. The lowest BCUT2D eigenvalue weighted by atomic mass is 10.1. The Labute approximate surface area is 128 Å². The topological polar surface area (TPSA) is 87.2 Å². The zero-order valence-electron chi connectivity index (χ0n) is 12.9. The molecule has 0 fully saturated rings. The third-order valence-corrected chi connectivity index (χ3v) is 3.47. The zero-order valence-corrected chi connectivity index (χ0v) is 12.9. The predicted octanol–water partition coefficient (Wildman–Crippen LogP) is 2.53. The zero-order chi connectivity index (χ0) is 16.3. The van der Waals surface area contributed by atoms with Crippen LogP contribution in [0.15, 0.2) is 24.4 Å². The van der Waals surface area contributed by atoms with E-state index >= 15 is 0 Å². The molecule has 0 aliphatic rings. The van der Waals surface area contributed by atoms with Gasteiger partial charge < -0.3 is 10.5 Å². The number of hydrogen-bond acceptors (Lipinski definition) is 5. The van der Waals surface area contributed by atoms with Gasteiger partial charge in [0.1, 0.15) is 0 Å². The molecule has 0 atom stereocenters. The molecule has 0 aliphatic heterocycles. The van der Waals surface area contributed by atoms with Gasteiger partial charge in [-0.25, -0.2) is 9.48 Å². The van der Waals surface area contributed by atoms with Crippen LogP contribution in [0.5, 0.6) is 0 Å². The first-order chi connectivity index (χ1) is 10.5. The van der Waals surface area contributed by atoms with Crippen molar-refractivity contribution >= 4 is 17.4 Å². The normalized spacial score (nSPS) is 10.5. The smallest absolute Gasteiger partial charge is 0.340 e. The van der Waals surface area contributed by atoms with Gasteiger partial charge in [0, 0.05) is 12.1 Å². The van der Waals surface area contributed by atoms with Gasteiger partial charge in [-0.3, -0.25) is 4.79 Å². The van der Waals surface area contributed by atoms with Crippen molar-refractivity contribution in [2.45, 2.75) is 26.7 Å². The number of benzene rings is 1. The van der Waals surface area contributed by atoms with Crippen LogP contribution in [0.4, 0.5) is 5.69 Å². The van der Waals surface area contributed by atoms with Crippen LogP contribution in [-0.2, 0) is 4.74 Å². The molecule has 0 unspecified atom stereocenters. The van der Waals surface area contributed by atoms with Gasteiger partial charge in [0.2, 0.25) is 0 Å². The summed E-state index contributed by atoms with van der Waals surface area (Å²) in [5.41, 5.74) is 8.39. The number of anilines is 1. The molecular formula is C16H19N3O3. The molecule has 1 heterocycles. The van der Waals surface area contributed by atoms with E-state index in [0.29, 0.717) is 23.4 Å².